The summed E-state index contributed by atoms with van der Waals surface area (Å²) in [5.74, 6) is -0.0700. The molecule has 1 heterocycles. The number of anilines is 1. The van der Waals surface area contributed by atoms with Gasteiger partial charge in [-0.3, -0.25) is 9.59 Å². The van der Waals surface area contributed by atoms with Crippen LogP contribution in [0.2, 0.25) is 0 Å². The fraction of sp³-hybridized carbons (Fsp3) is 0.500. The summed E-state index contributed by atoms with van der Waals surface area (Å²) >= 11 is 0. The largest absolute Gasteiger partial charge is 0.345 e. The Morgan fingerprint density at radius 1 is 1.36 bits per heavy atom. The first kappa shape index (κ1) is 18.5. The van der Waals surface area contributed by atoms with Crippen LogP contribution in [0.15, 0.2) is 24.3 Å². The van der Waals surface area contributed by atoms with Gasteiger partial charge in [-0.2, -0.15) is 0 Å². The SMILES string of the molecule is CN(C)C(=O)c1cccc(NC(=O)CCC2CCCN2)c1.Cl. The molecule has 1 aromatic carbocycles. The van der Waals surface area contributed by atoms with Gasteiger partial charge in [0.05, 0.1) is 0 Å². The lowest BCUT2D eigenvalue weighted by Crippen LogP contribution is -2.24. The molecule has 1 unspecified atom stereocenters. The minimum atomic E-state index is -0.0683. The van der Waals surface area contributed by atoms with Crippen molar-refractivity contribution in [1.82, 2.24) is 10.2 Å². The molecule has 0 aliphatic carbocycles. The average molecular weight is 326 g/mol. The minimum absolute atomic E-state index is 0. The molecule has 0 aromatic heterocycles. The highest BCUT2D eigenvalue weighted by Gasteiger charge is 2.15. The Labute approximate surface area is 137 Å². The van der Waals surface area contributed by atoms with Gasteiger partial charge in [0.1, 0.15) is 0 Å². The van der Waals surface area contributed by atoms with Gasteiger partial charge in [0.25, 0.3) is 5.91 Å². The van der Waals surface area contributed by atoms with Crippen LogP contribution in [-0.4, -0.2) is 43.4 Å². The molecule has 22 heavy (non-hydrogen) atoms. The molecular formula is C16H24ClN3O2. The zero-order chi connectivity index (χ0) is 15.2. The van der Waals surface area contributed by atoms with E-state index < -0.39 is 0 Å². The van der Waals surface area contributed by atoms with E-state index in [2.05, 4.69) is 10.6 Å². The number of halogens is 1. The Bertz CT molecular complexity index is 514. The molecule has 6 heteroatoms. The summed E-state index contributed by atoms with van der Waals surface area (Å²) < 4.78 is 0. The first-order valence-corrected chi connectivity index (χ1v) is 7.41. The maximum Gasteiger partial charge on any atom is 0.253 e. The molecular weight excluding hydrogens is 302 g/mol. The number of carbonyl (C=O) groups excluding carboxylic acids is 2. The molecule has 122 valence electrons. The minimum Gasteiger partial charge on any atom is -0.345 e. The van der Waals surface area contributed by atoms with Gasteiger partial charge in [-0.05, 0) is 44.0 Å². The van der Waals surface area contributed by atoms with E-state index in [0.717, 1.165) is 19.4 Å². The lowest BCUT2D eigenvalue weighted by Gasteiger charge is -2.12. The average Bonchev–Trinajstić information content (AvgIpc) is 2.98. The number of amides is 2. The van der Waals surface area contributed by atoms with Crippen molar-refractivity contribution < 1.29 is 9.59 Å². The second kappa shape index (κ2) is 8.76. The van der Waals surface area contributed by atoms with Crippen molar-refractivity contribution in [2.45, 2.75) is 31.7 Å². The van der Waals surface area contributed by atoms with Crippen molar-refractivity contribution in [3.8, 4) is 0 Å². The Morgan fingerprint density at radius 3 is 2.77 bits per heavy atom. The molecule has 5 nitrogen and oxygen atoms in total. The summed E-state index contributed by atoms with van der Waals surface area (Å²) in [6.45, 7) is 1.06. The smallest absolute Gasteiger partial charge is 0.253 e. The van der Waals surface area contributed by atoms with Gasteiger partial charge in [-0.15, -0.1) is 12.4 Å². The molecule has 1 aliphatic heterocycles. The standard InChI is InChI=1S/C16H23N3O2.ClH/c1-19(2)16(21)12-5-3-6-14(11-12)18-15(20)9-8-13-7-4-10-17-13;/h3,5-6,11,13,17H,4,7-10H2,1-2H3,(H,18,20);1H. The van der Waals surface area contributed by atoms with Crippen LogP contribution >= 0.6 is 12.4 Å². The van der Waals surface area contributed by atoms with Gasteiger partial charge in [0.15, 0.2) is 0 Å². The Kier molecular flexibility index (Phi) is 7.35. The Balaban J connectivity index is 0.00000242. The highest BCUT2D eigenvalue weighted by molar-refractivity contribution is 5.96. The molecule has 1 saturated heterocycles. The van der Waals surface area contributed by atoms with Gasteiger partial charge in [-0.25, -0.2) is 0 Å². The number of hydrogen-bond acceptors (Lipinski definition) is 3. The molecule has 2 amide bonds. The third kappa shape index (κ3) is 5.31. The van der Waals surface area contributed by atoms with Crippen LogP contribution in [0.3, 0.4) is 0 Å². The summed E-state index contributed by atoms with van der Waals surface area (Å²) in [4.78, 5) is 25.4. The van der Waals surface area contributed by atoms with E-state index in [1.165, 1.54) is 11.3 Å². The van der Waals surface area contributed by atoms with Gasteiger partial charge < -0.3 is 15.5 Å². The number of benzene rings is 1. The van der Waals surface area contributed by atoms with Crippen LogP contribution in [0, 0.1) is 0 Å². The summed E-state index contributed by atoms with van der Waals surface area (Å²) in [5, 5.41) is 6.24. The van der Waals surface area contributed by atoms with Gasteiger partial charge in [0, 0.05) is 37.8 Å². The van der Waals surface area contributed by atoms with Crippen LogP contribution in [0.4, 0.5) is 5.69 Å². The van der Waals surface area contributed by atoms with Crippen molar-refractivity contribution in [2.24, 2.45) is 0 Å². The van der Waals surface area contributed by atoms with E-state index in [-0.39, 0.29) is 24.2 Å². The molecule has 1 aliphatic rings. The van der Waals surface area contributed by atoms with Crippen LogP contribution < -0.4 is 10.6 Å². The Hall–Kier alpha value is -1.59. The molecule has 2 N–H and O–H groups in total. The normalized spacial score (nSPS) is 16.7. The van der Waals surface area contributed by atoms with Crippen molar-refractivity contribution in [1.29, 1.82) is 0 Å². The van der Waals surface area contributed by atoms with Crippen molar-refractivity contribution in [2.75, 3.05) is 26.0 Å². The highest BCUT2D eigenvalue weighted by atomic mass is 35.5. The topological polar surface area (TPSA) is 61.4 Å². The number of nitrogens with one attached hydrogen (secondary N) is 2. The first-order chi connectivity index (χ1) is 10.1. The maximum absolute atomic E-state index is 11.9. The predicted octanol–water partition coefficient (Wildman–Crippen LogP) is 2.28. The van der Waals surface area contributed by atoms with E-state index >= 15 is 0 Å². The monoisotopic (exact) mass is 325 g/mol. The molecule has 0 radical (unpaired) electrons. The molecule has 0 bridgehead atoms. The van der Waals surface area contributed by atoms with E-state index in [1.54, 1.807) is 38.4 Å². The lowest BCUT2D eigenvalue weighted by atomic mass is 10.1. The van der Waals surface area contributed by atoms with E-state index in [4.69, 9.17) is 0 Å². The van der Waals surface area contributed by atoms with Gasteiger partial charge in [-0.1, -0.05) is 6.07 Å². The fourth-order valence-corrected chi connectivity index (χ4v) is 2.52. The predicted molar refractivity (Wildman–Crippen MR) is 90.6 cm³/mol. The first-order valence-electron chi connectivity index (χ1n) is 7.41. The van der Waals surface area contributed by atoms with E-state index in [0.29, 0.717) is 23.7 Å². The van der Waals surface area contributed by atoms with Crippen LogP contribution in [0.5, 0.6) is 0 Å². The molecule has 1 aromatic rings. The third-order valence-corrected chi connectivity index (χ3v) is 3.68. The van der Waals surface area contributed by atoms with Crippen LogP contribution in [0.25, 0.3) is 0 Å². The third-order valence-electron chi connectivity index (χ3n) is 3.68. The number of nitrogens with zero attached hydrogens (tertiary/aromatic N) is 1. The van der Waals surface area contributed by atoms with E-state index in [1.807, 2.05) is 0 Å². The summed E-state index contributed by atoms with van der Waals surface area (Å²) in [5.41, 5.74) is 1.25. The quantitative estimate of drug-likeness (QED) is 0.873. The van der Waals surface area contributed by atoms with E-state index in [9.17, 15) is 9.59 Å². The highest BCUT2D eigenvalue weighted by Crippen LogP contribution is 2.14. The Morgan fingerprint density at radius 2 is 2.14 bits per heavy atom. The van der Waals surface area contributed by atoms with Crippen LogP contribution in [0.1, 0.15) is 36.0 Å². The number of rotatable bonds is 5. The lowest BCUT2D eigenvalue weighted by molar-refractivity contribution is -0.116. The summed E-state index contributed by atoms with van der Waals surface area (Å²) in [6, 6.07) is 7.52. The number of hydrogen-bond donors (Lipinski definition) is 2. The fourth-order valence-electron chi connectivity index (χ4n) is 2.52. The van der Waals surface area contributed by atoms with Gasteiger partial charge in [0.2, 0.25) is 5.91 Å². The maximum atomic E-state index is 11.9. The molecule has 1 fully saturated rings. The summed E-state index contributed by atoms with van der Waals surface area (Å²) in [6.07, 6.45) is 3.72. The molecule has 0 saturated carbocycles. The van der Waals surface area contributed by atoms with Gasteiger partial charge >= 0.3 is 0 Å². The van der Waals surface area contributed by atoms with Crippen LogP contribution in [-0.2, 0) is 4.79 Å². The molecule has 1 atom stereocenters. The zero-order valence-electron chi connectivity index (χ0n) is 13.1. The molecule has 0 spiro atoms. The van der Waals surface area contributed by atoms with Crippen molar-refractivity contribution in [3.05, 3.63) is 29.8 Å². The second-order valence-electron chi connectivity index (χ2n) is 5.66. The zero-order valence-corrected chi connectivity index (χ0v) is 13.9. The number of carbonyl (C=O) groups is 2. The molecule has 2 rings (SSSR count). The van der Waals surface area contributed by atoms with Crippen molar-refractivity contribution >= 4 is 29.9 Å². The van der Waals surface area contributed by atoms with Crippen molar-refractivity contribution in [3.63, 3.8) is 0 Å². The summed E-state index contributed by atoms with van der Waals surface area (Å²) in [7, 11) is 3.42. The second-order valence-corrected chi connectivity index (χ2v) is 5.66.